The first kappa shape index (κ1) is 13.1. The Morgan fingerprint density at radius 2 is 2.22 bits per heavy atom. The van der Waals surface area contributed by atoms with Crippen molar-refractivity contribution < 1.29 is 9.53 Å². The molecule has 0 spiro atoms. The fraction of sp³-hybridized carbons (Fsp3) is 0.692. The number of ether oxygens (including phenoxy) is 1. The summed E-state index contributed by atoms with van der Waals surface area (Å²) < 4.78 is 6.77. The zero-order valence-corrected chi connectivity index (χ0v) is 11.1. The number of likely N-dealkylation sites (tertiary alicyclic amines) is 1. The Morgan fingerprint density at radius 1 is 1.50 bits per heavy atom. The van der Waals surface area contributed by atoms with Gasteiger partial charge in [0.1, 0.15) is 6.04 Å². The summed E-state index contributed by atoms with van der Waals surface area (Å²) >= 11 is 0. The number of rotatable bonds is 4. The second-order valence-electron chi connectivity index (χ2n) is 4.91. The standard InChI is InChI=1S/C13H21N3O2/c1-11(13(17)18-2)15-8-4-12(5-9-15)10-16-7-3-6-14-16/h3,6-7,11-12H,4-5,8-10H2,1-2H3/t11-/m1/s1. The summed E-state index contributed by atoms with van der Waals surface area (Å²) in [6, 6.07) is 1.83. The van der Waals surface area contributed by atoms with Gasteiger partial charge in [0.05, 0.1) is 7.11 Å². The van der Waals surface area contributed by atoms with Crippen LogP contribution in [0.3, 0.4) is 0 Å². The second-order valence-corrected chi connectivity index (χ2v) is 4.91. The van der Waals surface area contributed by atoms with E-state index in [9.17, 15) is 4.79 Å². The van der Waals surface area contributed by atoms with Gasteiger partial charge < -0.3 is 4.74 Å². The molecule has 0 bridgehead atoms. The molecule has 2 heterocycles. The van der Waals surface area contributed by atoms with Gasteiger partial charge in [-0.1, -0.05) is 0 Å². The van der Waals surface area contributed by atoms with E-state index in [0.717, 1.165) is 32.5 Å². The molecule has 1 aromatic rings. The fourth-order valence-electron chi connectivity index (χ4n) is 2.52. The molecule has 1 saturated heterocycles. The highest BCUT2D eigenvalue weighted by Gasteiger charge is 2.27. The zero-order chi connectivity index (χ0) is 13.0. The van der Waals surface area contributed by atoms with Gasteiger partial charge in [-0.25, -0.2) is 0 Å². The molecule has 100 valence electrons. The van der Waals surface area contributed by atoms with E-state index in [1.165, 1.54) is 7.11 Å². The van der Waals surface area contributed by atoms with Gasteiger partial charge in [-0.05, 0) is 44.8 Å². The molecule has 1 fully saturated rings. The number of carbonyl (C=O) groups is 1. The van der Waals surface area contributed by atoms with Crippen molar-refractivity contribution in [3.05, 3.63) is 18.5 Å². The Kier molecular flexibility index (Phi) is 4.36. The van der Waals surface area contributed by atoms with E-state index in [1.54, 1.807) is 0 Å². The summed E-state index contributed by atoms with van der Waals surface area (Å²) in [4.78, 5) is 13.7. The molecule has 0 saturated carbocycles. The lowest BCUT2D eigenvalue weighted by Crippen LogP contribution is -2.44. The van der Waals surface area contributed by atoms with Gasteiger partial charge in [-0.3, -0.25) is 14.4 Å². The van der Waals surface area contributed by atoms with Gasteiger partial charge in [-0.2, -0.15) is 5.10 Å². The lowest BCUT2D eigenvalue weighted by Gasteiger charge is -2.34. The monoisotopic (exact) mass is 251 g/mol. The maximum absolute atomic E-state index is 11.5. The molecule has 0 unspecified atom stereocenters. The van der Waals surface area contributed by atoms with Crippen LogP contribution in [0.2, 0.25) is 0 Å². The Morgan fingerprint density at radius 3 is 2.78 bits per heavy atom. The smallest absolute Gasteiger partial charge is 0.322 e. The van der Waals surface area contributed by atoms with Gasteiger partial charge in [0.15, 0.2) is 0 Å². The van der Waals surface area contributed by atoms with E-state index < -0.39 is 0 Å². The maximum Gasteiger partial charge on any atom is 0.322 e. The van der Waals surface area contributed by atoms with Gasteiger partial charge >= 0.3 is 5.97 Å². The van der Waals surface area contributed by atoms with E-state index >= 15 is 0 Å². The Labute approximate surface area is 108 Å². The van der Waals surface area contributed by atoms with Crippen LogP contribution in [0, 0.1) is 5.92 Å². The van der Waals surface area contributed by atoms with Crippen molar-refractivity contribution in [2.24, 2.45) is 5.92 Å². The molecule has 1 atom stereocenters. The number of methoxy groups -OCH3 is 1. The molecule has 18 heavy (non-hydrogen) atoms. The predicted octanol–water partition coefficient (Wildman–Crippen LogP) is 1.16. The molecular formula is C13H21N3O2. The van der Waals surface area contributed by atoms with E-state index in [0.29, 0.717) is 5.92 Å². The van der Waals surface area contributed by atoms with E-state index in [1.807, 2.05) is 30.1 Å². The highest BCUT2D eigenvalue weighted by molar-refractivity contribution is 5.75. The van der Waals surface area contributed by atoms with Crippen molar-refractivity contribution in [3.8, 4) is 0 Å². The largest absolute Gasteiger partial charge is 0.468 e. The molecule has 1 aliphatic heterocycles. The SMILES string of the molecule is COC(=O)[C@@H](C)N1CCC(Cn2cccn2)CC1. The maximum atomic E-state index is 11.5. The molecule has 5 heteroatoms. The molecule has 2 rings (SSSR count). The summed E-state index contributed by atoms with van der Waals surface area (Å²) in [5.41, 5.74) is 0. The number of esters is 1. The van der Waals surface area contributed by atoms with Crippen molar-refractivity contribution in [3.63, 3.8) is 0 Å². The summed E-state index contributed by atoms with van der Waals surface area (Å²) in [5.74, 6) is 0.520. The molecular weight excluding hydrogens is 230 g/mol. The Balaban J connectivity index is 1.79. The lowest BCUT2D eigenvalue weighted by molar-refractivity contribution is -0.146. The van der Waals surface area contributed by atoms with Crippen molar-refractivity contribution >= 4 is 5.97 Å². The topological polar surface area (TPSA) is 47.4 Å². The first-order valence-electron chi connectivity index (χ1n) is 6.50. The van der Waals surface area contributed by atoms with Crippen LogP contribution in [0.25, 0.3) is 0 Å². The first-order valence-corrected chi connectivity index (χ1v) is 6.50. The molecule has 1 aromatic heterocycles. The third-order valence-corrected chi connectivity index (χ3v) is 3.74. The predicted molar refractivity (Wildman–Crippen MR) is 68.0 cm³/mol. The number of piperidine rings is 1. The van der Waals surface area contributed by atoms with Gasteiger partial charge in [-0.15, -0.1) is 0 Å². The normalized spacial score (nSPS) is 19.7. The van der Waals surface area contributed by atoms with E-state index in [4.69, 9.17) is 4.74 Å². The van der Waals surface area contributed by atoms with Crippen LogP contribution in [-0.2, 0) is 16.1 Å². The number of hydrogen-bond acceptors (Lipinski definition) is 4. The average Bonchev–Trinajstić information content (AvgIpc) is 2.91. The van der Waals surface area contributed by atoms with Crippen molar-refractivity contribution in [1.82, 2.24) is 14.7 Å². The number of nitrogens with zero attached hydrogens (tertiary/aromatic N) is 3. The Hall–Kier alpha value is -1.36. The van der Waals surface area contributed by atoms with Crippen molar-refractivity contribution in [2.45, 2.75) is 32.4 Å². The minimum atomic E-state index is -0.138. The second kappa shape index (κ2) is 6.00. The van der Waals surface area contributed by atoms with Gasteiger partial charge in [0.25, 0.3) is 0 Å². The summed E-state index contributed by atoms with van der Waals surface area (Å²) in [6.07, 6.45) is 6.04. The van der Waals surface area contributed by atoms with Gasteiger partial charge in [0.2, 0.25) is 0 Å². The minimum absolute atomic E-state index is 0.124. The lowest BCUT2D eigenvalue weighted by atomic mass is 9.96. The van der Waals surface area contributed by atoms with Crippen LogP contribution in [-0.4, -0.2) is 46.9 Å². The summed E-state index contributed by atoms with van der Waals surface area (Å²) in [5, 5.41) is 4.23. The van der Waals surface area contributed by atoms with Gasteiger partial charge in [0, 0.05) is 18.9 Å². The highest BCUT2D eigenvalue weighted by Crippen LogP contribution is 2.20. The van der Waals surface area contributed by atoms with Crippen LogP contribution < -0.4 is 0 Å². The summed E-state index contributed by atoms with van der Waals surface area (Å²) in [7, 11) is 1.45. The third kappa shape index (κ3) is 3.10. The number of aromatic nitrogens is 2. The first-order chi connectivity index (χ1) is 8.70. The quantitative estimate of drug-likeness (QED) is 0.753. The number of carbonyl (C=O) groups excluding carboxylic acids is 1. The van der Waals surface area contributed by atoms with E-state index in [2.05, 4.69) is 10.00 Å². The molecule has 0 radical (unpaired) electrons. The molecule has 0 aliphatic carbocycles. The van der Waals surface area contributed by atoms with Crippen LogP contribution in [0.1, 0.15) is 19.8 Å². The number of hydrogen-bond donors (Lipinski definition) is 0. The molecule has 0 amide bonds. The van der Waals surface area contributed by atoms with Crippen LogP contribution in [0.4, 0.5) is 0 Å². The van der Waals surface area contributed by atoms with Crippen LogP contribution in [0.15, 0.2) is 18.5 Å². The van der Waals surface area contributed by atoms with Crippen molar-refractivity contribution in [2.75, 3.05) is 20.2 Å². The van der Waals surface area contributed by atoms with E-state index in [-0.39, 0.29) is 12.0 Å². The fourth-order valence-corrected chi connectivity index (χ4v) is 2.52. The molecule has 1 aliphatic rings. The highest BCUT2D eigenvalue weighted by atomic mass is 16.5. The van der Waals surface area contributed by atoms with Crippen molar-refractivity contribution in [1.29, 1.82) is 0 Å². The zero-order valence-electron chi connectivity index (χ0n) is 11.1. The third-order valence-electron chi connectivity index (χ3n) is 3.74. The average molecular weight is 251 g/mol. The molecule has 5 nitrogen and oxygen atoms in total. The summed E-state index contributed by atoms with van der Waals surface area (Å²) in [6.45, 7) is 4.82. The molecule has 0 N–H and O–H groups in total. The van der Waals surface area contributed by atoms with Crippen LogP contribution >= 0.6 is 0 Å². The van der Waals surface area contributed by atoms with Crippen LogP contribution in [0.5, 0.6) is 0 Å². The Bertz CT molecular complexity index is 370. The minimum Gasteiger partial charge on any atom is -0.468 e. The molecule has 0 aromatic carbocycles.